The zero-order valence-corrected chi connectivity index (χ0v) is 15.7. The maximum absolute atomic E-state index is 12.6. The molecule has 0 radical (unpaired) electrons. The zero-order valence-electron chi connectivity index (χ0n) is 14.8. The van der Waals surface area contributed by atoms with E-state index < -0.39 is 0 Å². The van der Waals surface area contributed by atoms with Gasteiger partial charge in [-0.1, -0.05) is 37.5 Å². The minimum absolute atomic E-state index is 0.0299. The molecule has 0 atom stereocenters. The Kier molecular flexibility index (Phi) is 5.30. The van der Waals surface area contributed by atoms with Crippen LogP contribution in [-0.4, -0.2) is 17.5 Å². The van der Waals surface area contributed by atoms with Crippen LogP contribution in [0, 0.1) is 5.92 Å². The zero-order chi connectivity index (χ0) is 17.1. The van der Waals surface area contributed by atoms with Gasteiger partial charge in [-0.25, -0.2) is 0 Å². The largest absolute Gasteiger partial charge is 0.426 e. The normalized spacial score (nSPS) is 19.8. The van der Waals surface area contributed by atoms with E-state index in [9.17, 15) is 4.79 Å². The van der Waals surface area contributed by atoms with Gasteiger partial charge in [0.2, 0.25) is 0 Å². The average Bonchev–Trinajstić information content (AvgIpc) is 2.69. The summed E-state index contributed by atoms with van der Waals surface area (Å²) in [7, 11) is 0.352. The highest BCUT2D eigenvalue weighted by atomic mass is 32.2. The molecule has 0 aromatic heterocycles. The summed E-state index contributed by atoms with van der Waals surface area (Å²) in [6, 6.07) is 12.7. The van der Waals surface area contributed by atoms with Crippen molar-refractivity contribution in [2.75, 3.05) is 11.5 Å². The Morgan fingerprint density at radius 3 is 2.28 bits per heavy atom. The molecule has 1 saturated heterocycles. The monoisotopic (exact) mass is 355 g/mol. The van der Waals surface area contributed by atoms with E-state index in [0.29, 0.717) is 10.9 Å². The van der Waals surface area contributed by atoms with Gasteiger partial charge in [-0.3, -0.25) is 4.79 Å². The number of hydrogen-bond acceptors (Lipinski definition) is 2. The fraction of sp³-hybridized carbons (Fsp3) is 0.500. The van der Waals surface area contributed by atoms with Crippen LogP contribution >= 0.6 is 0 Å². The third kappa shape index (κ3) is 3.72. The summed E-state index contributed by atoms with van der Waals surface area (Å²) in [4.78, 5) is 14.0. The van der Waals surface area contributed by atoms with Gasteiger partial charge < -0.3 is 4.74 Å². The highest BCUT2D eigenvalue weighted by molar-refractivity contribution is 7.97. The van der Waals surface area contributed by atoms with Crippen LogP contribution in [0.15, 0.2) is 41.3 Å². The molecule has 0 bridgehead atoms. The Morgan fingerprint density at radius 2 is 1.52 bits per heavy atom. The first-order valence-electron chi connectivity index (χ1n) is 9.74. The smallest absolute Gasteiger partial charge is 0.314 e. The fourth-order valence-electron chi connectivity index (χ4n) is 4.17. The van der Waals surface area contributed by atoms with E-state index in [0.717, 1.165) is 36.8 Å². The standard InChI is InChI=1S/C22H27O2S/c23-22(17-9-3-1-4-10-17)24-20-13-14-21(25-15-7-2-8-16-25)19-12-6-5-11-18(19)20/h5-6,11-14,17H,1-4,7-10,15-16H2/q+1. The lowest BCUT2D eigenvalue weighted by molar-refractivity contribution is -0.139. The molecule has 2 aromatic carbocycles. The van der Waals surface area contributed by atoms with Gasteiger partial charge in [-0.05, 0) is 50.3 Å². The Balaban J connectivity index is 1.62. The number of rotatable bonds is 3. The first kappa shape index (κ1) is 17.0. The van der Waals surface area contributed by atoms with E-state index in [-0.39, 0.29) is 11.9 Å². The molecule has 0 spiro atoms. The lowest BCUT2D eigenvalue weighted by Gasteiger charge is -2.20. The first-order valence-corrected chi connectivity index (χ1v) is 11.3. The van der Waals surface area contributed by atoms with Crippen molar-refractivity contribution in [3.8, 4) is 5.75 Å². The minimum atomic E-state index is -0.0299. The van der Waals surface area contributed by atoms with Crippen LogP contribution in [0.3, 0.4) is 0 Å². The van der Waals surface area contributed by atoms with E-state index in [4.69, 9.17) is 4.74 Å². The predicted octanol–water partition coefficient (Wildman–Crippen LogP) is 5.49. The molecule has 1 aliphatic carbocycles. The maximum atomic E-state index is 12.6. The summed E-state index contributed by atoms with van der Waals surface area (Å²) in [5, 5.41) is 2.38. The van der Waals surface area contributed by atoms with Gasteiger partial charge in [0.1, 0.15) is 17.3 Å². The van der Waals surface area contributed by atoms with Crippen LogP contribution in [0.1, 0.15) is 51.4 Å². The number of fused-ring (bicyclic) bond motifs is 1. The Bertz CT molecular complexity index is 743. The number of esters is 1. The molecule has 1 saturated carbocycles. The van der Waals surface area contributed by atoms with Gasteiger partial charge in [-0.2, -0.15) is 0 Å². The quantitative estimate of drug-likeness (QED) is 0.413. The summed E-state index contributed by atoms with van der Waals surface area (Å²) >= 11 is 0. The van der Waals surface area contributed by atoms with Crippen molar-refractivity contribution >= 4 is 27.6 Å². The molecular weight excluding hydrogens is 328 g/mol. The molecule has 1 heterocycles. The van der Waals surface area contributed by atoms with Crippen LogP contribution in [-0.2, 0) is 15.7 Å². The Labute approximate surface area is 153 Å². The number of hydrogen-bond donors (Lipinski definition) is 0. The van der Waals surface area contributed by atoms with E-state index in [2.05, 4.69) is 24.3 Å². The summed E-state index contributed by atoms with van der Waals surface area (Å²) in [6.07, 6.45) is 9.59. The molecule has 2 aliphatic rings. The van der Waals surface area contributed by atoms with Gasteiger partial charge in [0.15, 0.2) is 4.90 Å². The van der Waals surface area contributed by atoms with E-state index in [1.807, 2.05) is 12.1 Å². The molecule has 2 aromatic rings. The molecule has 132 valence electrons. The fourth-order valence-corrected chi connectivity index (χ4v) is 6.66. The number of ether oxygens (including phenoxy) is 1. The summed E-state index contributed by atoms with van der Waals surface area (Å²) in [6.45, 7) is 0. The van der Waals surface area contributed by atoms with Crippen molar-refractivity contribution in [2.24, 2.45) is 5.92 Å². The molecule has 25 heavy (non-hydrogen) atoms. The second kappa shape index (κ2) is 7.82. The minimum Gasteiger partial charge on any atom is -0.426 e. The third-order valence-corrected chi connectivity index (χ3v) is 8.13. The molecule has 3 heteroatoms. The van der Waals surface area contributed by atoms with E-state index >= 15 is 0 Å². The Hall–Kier alpha value is -1.48. The lowest BCUT2D eigenvalue weighted by atomic mass is 9.89. The van der Waals surface area contributed by atoms with E-state index in [1.165, 1.54) is 47.5 Å². The van der Waals surface area contributed by atoms with Crippen molar-refractivity contribution in [3.05, 3.63) is 36.4 Å². The van der Waals surface area contributed by atoms with Gasteiger partial charge in [0.25, 0.3) is 0 Å². The second-order valence-electron chi connectivity index (χ2n) is 7.33. The van der Waals surface area contributed by atoms with Gasteiger partial charge in [0, 0.05) is 21.7 Å². The highest BCUT2D eigenvalue weighted by Gasteiger charge is 2.28. The van der Waals surface area contributed by atoms with Gasteiger partial charge in [0.05, 0.1) is 5.92 Å². The van der Waals surface area contributed by atoms with Crippen molar-refractivity contribution < 1.29 is 9.53 Å². The SMILES string of the molecule is O=C(Oc1ccc([S+]2CCCCC2)c2ccccc12)C1CCCCC1. The van der Waals surface area contributed by atoms with E-state index in [1.54, 1.807) is 0 Å². The van der Waals surface area contributed by atoms with Crippen LogP contribution in [0.2, 0.25) is 0 Å². The highest BCUT2D eigenvalue weighted by Crippen LogP contribution is 2.35. The molecule has 2 fully saturated rings. The Morgan fingerprint density at radius 1 is 0.840 bits per heavy atom. The first-order chi connectivity index (χ1) is 12.3. The summed E-state index contributed by atoms with van der Waals surface area (Å²) in [5.74, 6) is 3.43. The predicted molar refractivity (Wildman–Crippen MR) is 105 cm³/mol. The molecule has 1 aliphatic heterocycles. The van der Waals surface area contributed by atoms with Crippen LogP contribution in [0.25, 0.3) is 10.8 Å². The third-order valence-electron chi connectivity index (χ3n) is 5.59. The van der Waals surface area contributed by atoms with Crippen LogP contribution < -0.4 is 4.74 Å². The van der Waals surface area contributed by atoms with Gasteiger partial charge in [-0.15, -0.1) is 0 Å². The van der Waals surface area contributed by atoms with Crippen LogP contribution in [0.4, 0.5) is 0 Å². The van der Waals surface area contributed by atoms with Crippen molar-refractivity contribution in [1.82, 2.24) is 0 Å². The number of carbonyl (C=O) groups is 1. The van der Waals surface area contributed by atoms with Crippen LogP contribution in [0.5, 0.6) is 5.75 Å². The molecule has 0 N–H and O–H groups in total. The molecule has 4 rings (SSSR count). The lowest BCUT2D eigenvalue weighted by Crippen LogP contribution is -2.23. The van der Waals surface area contributed by atoms with Crippen molar-refractivity contribution in [2.45, 2.75) is 56.3 Å². The van der Waals surface area contributed by atoms with Gasteiger partial charge >= 0.3 is 5.97 Å². The van der Waals surface area contributed by atoms with Crippen molar-refractivity contribution in [3.63, 3.8) is 0 Å². The summed E-state index contributed by atoms with van der Waals surface area (Å²) < 4.78 is 5.87. The number of benzene rings is 2. The second-order valence-corrected chi connectivity index (χ2v) is 9.57. The number of carbonyl (C=O) groups excluding carboxylic acids is 1. The molecular formula is C22H27O2S+. The topological polar surface area (TPSA) is 26.3 Å². The molecule has 0 amide bonds. The maximum Gasteiger partial charge on any atom is 0.314 e. The summed E-state index contributed by atoms with van der Waals surface area (Å²) in [5.41, 5.74) is 0. The van der Waals surface area contributed by atoms with Crippen molar-refractivity contribution in [1.29, 1.82) is 0 Å². The molecule has 2 nitrogen and oxygen atoms in total. The average molecular weight is 356 g/mol. The molecule has 0 unspecified atom stereocenters.